The van der Waals surface area contributed by atoms with Crippen LogP contribution in [0, 0.1) is 0 Å². The topological polar surface area (TPSA) is 221 Å². The molecular formula is C42H59N11O6S2. The first-order valence-electron chi connectivity index (χ1n) is 20.1. The lowest BCUT2D eigenvalue weighted by Crippen LogP contribution is -2.48. The second-order valence-electron chi connectivity index (χ2n) is 15.1. The SMILES string of the molecule is CC(=O)N1CCN(c2ccc(CCc3ccc(C(=O)NN)s3)nc2)CC1.CC(=O)N1CCN(c2ccc(CCc3ccc(C(=O)NNC(=O)OC(C)(C)C)s3)nc2)CC1.CN. The molecule has 2 aliphatic rings. The molecule has 6 rings (SSSR count). The fourth-order valence-electron chi connectivity index (χ4n) is 6.38. The van der Waals surface area contributed by atoms with E-state index in [9.17, 15) is 24.0 Å². The van der Waals surface area contributed by atoms with E-state index in [0.717, 1.165) is 111 Å². The number of hydrogen-bond donors (Lipinski definition) is 5. The van der Waals surface area contributed by atoms with Crippen molar-refractivity contribution in [3.8, 4) is 0 Å². The number of nitrogen functional groups attached to an aromatic ring is 1. The van der Waals surface area contributed by atoms with Crippen LogP contribution in [0.25, 0.3) is 0 Å². The number of nitrogens with zero attached hydrogens (tertiary/aromatic N) is 6. The number of thiophene rings is 2. The fourth-order valence-corrected chi connectivity index (χ4v) is 8.19. The number of amides is 5. The van der Waals surface area contributed by atoms with Crippen molar-refractivity contribution in [1.82, 2.24) is 36.0 Å². The summed E-state index contributed by atoms with van der Waals surface area (Å²) in [4.78, 5) is 79.0. The van der Waals surface area contributed by atoms with Crippen molar-refractivity contribution in [2.24, 2.45) is 11.6 Å². The van der Waals surface area contributed by atoms with Crippen LogP contribution in [0.15, 0.2) is 60.9 Å². The van der Waals surface area contributed by atoms with E-state index < -0.39 is 11.7 Å². The molecule has 5 amide bonds. The van der Waals surface area contributed by atoms with Crippen LogP contribution in [0.3, 0.4) is 0 Å². The zero-order valence-corrected chi connectivity index (χ0v) is 37.5. The van der Waals surface area contributed by atoms with Gasteiger partial charge in [-0.15, -0.1) is 22.7 Å². The van der Waals surface area contributed by atoms with Gasteiger partial charge in [-0.25, -0.2) is 16.1 Å². The highest BCUT2D eigenvalue weighted by Crippen LogP contribution is 2.22. The van der Waals surface area contributed by atoms with Gasteiger partial charge in [-0.05, 0) is 102 Å². The molecule has 0 atom stereocenters. The minimum atomic E-state index is -0.706. The number of anilines is 2. The van der Waals surface area contributed by atoms with Crippen LogP contribution >= 0.6 is 22.7 Å². The monoisotopic (exact) mass is 877 g/mol. The molecule has 0 aliphatic carbocycles. The Kier molecular flexibility index (Phi) is 18.4. The van der Waals surface area contributed by atoms with E-state index in [-0.39, 0.29) is 23.6 Å². The average Bonchev–Trinajstić information content (AvgIpc) is 3.95. The first-order valence-corrected chi connectivity index (χ1v) is 21.8. The predicted molar refractivity (Wildman–Crippen MR) is 239 cm³/mol. The third-order valence-corrected chi connectivity index (χ3v) is 11.9. The van der Waals surface area contributed by atoms with Crippen LogP contribution in [-0.2, 0) is 40.0 Å². The smallest absolute Gasteiger partial charge is 0.426 e. The van der Waals surface area contributed by atoms with Crippen LogP contribution in [-0.4, -0.2) is 114 Å². The summed E-state index contributed by atoms with van der Waals surface area (Å²) in [5.74, 6) is 4.77. The third kappa shape index (κ3) is 15.4. The van der Waals surface area contributed by atoms with E-state index in [2.05, 4.69) is 53.9 Å². The summed E-state index contributed by atoms with van der Waals surface area (Å²) in [7, 11) is 1.50. The van der Waals surface area contributed by atoms with Crippen molar-refractivity contribution < 1.29 is 28.7 Å². The molecule has 0 radical (unpaired) electrons. The number of nitrogens with one attached hydrogen (secondary N) is 3. The molecule has 0 bridgehead atoms. The lowest BCUT2D eigenvalue weighted by Gasteiger charge is -2.35. The molecule has 17 nitrogen and oxygen atoms in total. The first kappa shape index (κ1) is 48.0. The molecule has 2 aliphatic heterocycles. The van der Waals surface area contributed by atoms with Gasteiger partial charge in [0.1, 0.15) is 5.60 Å². The second kappa shape index (κ2) is 23.4. The number of carbonyl (C=O) groups is 5. The van der Waals surface area contributed by atoms with Gasteiger partial charge in [0.25, 0.3) is 11.8 Å². The number of ether oxygens (including phenoxy) is 1. The number of hydrazine groups is 2. The number of carbonyl (C=O) groups excluding carboxylic acids is 5. The zero-order valence-electron chi connectivity index (χ0n) is 35.9. The minimum absolute atomic E-state index is 0.122. The van der Waals surface area contributed by atoms with Gasteiger partial charge in [0.2, 0.25) is 11.8 Å². The first-order chi connectivity index (χ1) is 29.2. The lowest BCUT2D eigenvalue weighted by atomic mass is 10.2. The molecule has 61 heavy (non-hydrogen) atoms. The highest BCUT2D eigenvalue weighted by molar-refractivity contribution is 7.14. The maximum Gasteiger partial charge on any atom is 0.426 e. The molecule has 330 valence electrons. The van der Waals surface area contributed by atoms with E-state index in [4.69, 9.17) is 10.6 Å². The van der Waals surface area contributed by atoms with Crippen molar-refractivity contribution >= 4 is 63.8 Å². The van der Waals surface area contributed by atoms with Crippen molar-refractivity contribution in [3.63, 3.8) is 0 Å². The Bertz CT molecular complexity index is 2030. The van der Waals surface area contributed by atoms with Crippen LogP contribution < -0.4 is 37.7 Å². The molecule has 2 saturated heterocycles. The fraction of sp³-hybridized carbons (Fsp3) is 0.452. The summed E-state index contributed by atoms with van der Waals surface area (Å²) < 4.78 is 5.09. The molecule has 19 heteroatoms. The molecule has 4 aromatic heterocycles. The van der Waals surface area contributed by atoms with Crippen LogP contribution in [0.5, 0.6) is 0 Å². The van der Waals surface area contributed by atoms with Gasteiger partial charge in [0.05, 0.1) is 33.5 Å². The minimum Gasteiger partial charge on any atom is -0.443 e. The number of nitrogens with two attached hydrogens (primary N) is 2. The highest BCUT2D eigenvalue weighted by atomic mass is 32.1. The standard InChI is InChI=1S/C23H31N5O4S.C18H23N5O2S.CH5N/c1-16(29)27-11-13-28(14-12-27)18-7-5-17(24-15-18)6-8-19-9-10-20(33-19)21(30)25-26-22(31)32-23(2,3)4;1-13(24)22-8-10-23(11-9-22)15-4-2-14(20-12-15)3-5-16-6-7-17(26-16)18(25)21-19;1-2/h5,7,9-10,15H,6,8,11-14H2,1-4H3,(H,25,30)(H,26,31);2,4,6-7,12H,3,5,8-11,19H2,1H3,(H,21,25);2H2,1H3. The maximum absolute atomic E-state index is 12.2. The molecule has 0 saturated carbocycles. The molecule has 0 aromatic carbocycles. The van der Waals surface area contributed by atoms with E-state index in [1.165, 1.54) is 29.7 Å². The van der Waals surface area contributed by atoms with Gasteiger partial charge in [-0.1, -0.05) is 0 Å². The Balaban J connectivity index is 0.000000265. The van der Waals surface area contributed by atoms with Crippen molar-refractivity contribution in [1.29, 1.82) is 0 Å². The second-order valence-corrected chi connectivity index (χ2v) is 17.4. The van der Waals surface area contributed by atoms with Crippen molar-refractivity contribution in [2.45, 2.75) is 65.9 Å². The van der Waals surface area contributed by atoms with Crippen LogP contribution in [0.4, 0.5) is 16.2 Å². The van der Waals surface area contributed by atoms with Gasteiger partial charge >= 0.3 is 6.09 Å². The van der Waals surface area contributed by atoms with E-state index in [1.54, 1.807) is 46.8 Å². The van der Waals surface area contributed by atoms with E-state index in [0.29, 0.717) is 9.75 Å². The number of aromatic nitrogens is 2. The lowest BCUT2D eigenvalue weighted by molar-refractivity contribution is -0.129. The molecule has 7 N–H and O–H groups in total. The third-order valence-electron chi connectivity index (χ3n) is 9.63. The summed E-state index contributed by atoms with van der Waals surface area (Å²) in [6.07, 6.45) is 6.27. The van der Waals surface area contributed by atoms with Gasteiger partial charge < -0.3 is 30.1 Å². The van der Waals surface area contributed by atoms with Crippen LogP contribution in [0.2, 0.25) is 0 Å². The average molecular weight is 878 g/mol. The number of pyridine rings is 2. The Morgan fingerprint density at radius 2 is 1.05 bits per heavy atom. The number of hydrogen-bond acceptors (Lipinski definition) is 14. The quantitative estimate of drug-likeness (QED) is 0.0878. The predicted octanol–water partition coefficient (Wildman–Crippen LogP) is 3.54. The van der Waals surface area contributed by atoms with Gasteiger partial charge in [-0.3, -0.25) is 40.0 Å². The Morgan fingerprint density at radius 3 is 1.41 bits per heavy atom. The Hall–Kier alpha value is -5.63. The molecule has 4 aromatic rings. The molecule has 0 spiro atoms. The van der Waals surface area contributed by atoms with Crippen molar-refractivity contribution in [2.75, 3.05) is 69.2 Å². The maximum atomic E-state index is 12.2. The number of rotatable bonds is 10. The van der Waals surface area contributed by atoms with Gasteiger partial charge in [0, 0.05) is 87.3 Å². The summed E-state index contributed by atoms with van der Waals surface area (Å²) in [6, 6.07) is 15.6. The van der Waals surface area contributed by atoms with Crippen molar-refractivity contribution in [3.05, 3.63) is 91.8 Å². The highest BCUT2D eigenvalue weighted by Gasteiger charge is 2.21. The summed E-state index contributed by atoms with van der Waals surface area (Å²) in [5.41, 5.74) is 14.8. The van der Waals surface area contributed by atoms with Gasteiger partial charge in [0.15, 0.2) is 0 Å². The normalized spacial score (nSPS) is 13.8. The molecular weight excluding hydrogens is 819 g/mol. The largest absolute Gasteiger partial charge is 0.443 e. The van der Waals surface area contributed by atoms with E-state index in [1.807, 2.05) is 46.5 Å². The Morgan fingerprint density at radius 1 is 0.623 bits per heavy atom. The van der Waals surface area contributed by atoms with E-state index >= 15 is 0 Å². The summed E-state index contributed by atoms with van der Waals surface area (Å²) >= 11 is 2.83. The van der Waals surface area contributed by atoms with Gasteiger partial charge in [-0.2, -0.15) is 0 Å². The summed E-state index contributed by atoms with van der Waals surface area (Å²) in [6.45, 7) is 14.7. The molecule has 2 fully saturated rings. The zero-order chi connectivity index (χ0) is 44.5. The Labute approximate surface area is 365 Å². The number of aryl methyl sites for hydroxylation is 4. The molecule has 6 heterocycles. The van der Waals surface area contributed by atoms with Crippen LogP contribution in [0.1, 0.15) is 75.1 Å². The summed E-state index contributed by atoms with van der Waals surface area (Å²) in [5, 5.41) is 0. The number of piperazine rings is 2. The molecule has 0 unspecified atom stereocenters.